The summed E-state index contributed by atoms with van der Waals surface area (Å²) >= 11 is 1.45. The molecule has 1 heterocycles. The van der Waals surface area contributed by atoms with E-state index in [2.05, 4.69) is 4.98 Å². The van der Waals surface area contributed by atoms with Crippen LogP contribution in [0, 0.1) is 0 Å². The number of para-hydroxylation sites is 1. The van der Waals surface area contributed by atoms with Crippen molar-refractivity contribution in [2.24, 2.45) is 0 Å². The molecule has 122 valence electrons. The molecule has 3 rings (SSSR count). The molecule has 1 aromatic heterocycles. The highest BCUT2D eigenvalue weighted by Crippen LogP contribution is 2.20. The van der Waals surface area contributed by atoms with Crippen LogP contribution in [0.4, 0.5) is 5.69 Å². The van der Waals surface area contributed by atoms with Gasteiger partial charge >= 0.3 is 5.97 Å². The van der Waals surface area contributed by atoms with Gasteiger partial charge in [-0.05, 0) is 37.3 Å². The van der Waals surface area contributed by atoms with Gasteiger partial charge in [-0.2, -0.15) is 0 Å². The first-order valence-corrected chi connectivity index (χ1v) is 8.31. The van der Waals surface area contributed by atoms with Crippen LogP contribution in [-0.4, -0.2) is 30.0 Å². The van der Waals surface area contributed by atoms with Crippen LogP contribution in [0.5, 0.6) is 0 Å². The predicted molar refractivity (Wildman–Crippen MR) is 94.3 cm³/mol. The van der Waals surface area contributed by atoms with E-state index in [0.29, 0.717) is 5.56 Å². The fraction of sp³-hybridized carbons (Fsp3) is 0.167. The number of aromatic nitrogens is 1. The SMILES string of the molecule is C[C@H](OC(=O)c1ccc2ncsc2c1)C(=O)N(C)c1ccccc1. The highest BCUT2D eigenvalue weighted by Gasteiger charge is 2.23. The number of ether oxygens (including phenoxy) is 1. The number of nitrogens with zero attached hydrogens (tertiary/aromatic N) is 2. The molecule has 1 atom stereocenters. The summed E-state index contributed by atoms with van der Waals surface area (Å²) in [6.07, 6.45) is -0.875. The van der Waals surface area contributed by atoms with Crippen LogP contribution in [0.3, 0.4) is 0 Å². The lowest BCUT2D eigenvalue weighted by Gasteiger charge is -2.21. The zero-order valence-corrected chi connectivity index (χ0v) is 14.1. The van der Waals surface area contributed by atoms with E-state index in [9.17, 15) is 9.59 Å². The normalized spacial score (nSPS) is 11.9. The average Bonchev–Trinajstić information content (AvgIpc) is 3.08. The van der Waals surface area contributed by atoms with Gasteiger partial charge in [0.25, 0.3) is 5.91 Å². The lowest BCUT2D eigenvalue weighted by atomic mass is 10.2. The van der Waals surface area contributed by atoms with Gasteiger partial charge in [-0.25, -0.2) is 9.78 Å². The molecule has 0 saturated heterocycles. The van der Waals surface area contributed by atoms with Gasteiger partial charge in [0.05, 0.1) is 21.3 Å². The number of rotatable bonds is 4. The fourth-order valence-electron chi connectivity index (χ4n) is 2.31. The summed E-state index contributed by atoms with van der Waals surface area (Å²) in [4.78, 5) is 30.3. The Balaban J connectivity index is 1.70. The van der Waals surface area contributed by atoms with Gasteiger partial charge in [0.1, 0.15) is 0 Å². The first kappa shape index (κ1) is 16.1. The number of esters is 1. The van der Waals surface area contributed by atoms with Gasteiger partial charge in [-0.1, -0.05) is 18.2 Å². The van der Waals surface area contributed by atoms with Gasteiger partial charge in [-0.15, -0.1) is 11.3 Å². The molecule has 0 fully saturated rings. The highest BCUT2D eigenvalue weighted by molar-refractivity contribution is 7.16. The topological polar surface area (TPSA) is 59.5 Å². The van der Waals surface area contributed by atoms with Crippen LogP contribution >= 0.6 is 11.3 Å². The van der Waals surface area contributed by atoms with Crippen molar-refractivity contribution in [2.45, 2.75) is 13.0 Å². The van der Waals surface area contributed by atoms with Crippen LogP contribution in [0.2, 0.25) is 0 Å². The molecule has 0 radical (unpaired) electrons. The first-order valence-electron chi connectivity index (χ1n) is 7.43. The number of hydrogen-bond donors (Lipinski definition) is 0. The molecule has 0 unspecified atom stereocenters. The number of likely N-dealkylation sites (N-methyl/N-ethyl adjacent to an activating group) is 1. The van der Waals surface area contributed by atoms with Crippen molar-refractivity contribution in [3.63, 3.8) is 0 Å². The molecule has 0 saturated carbocycles. The standard InChI is InChI=1S/C18H16N2O3S/c1-12(17(21)20(2)14-6-4-3-5-7-14)23-18(22)13-8-9-15-16(10-13)24-11-19-15/h3-12H,1-2H3/t12-/m0/s1. The Kier molecular flexibility index (Phi) is 4.57. The second kappa shape index (κ2) is 6.80. The molecule has 0 bridgehead atoms. The van der Waals surface area contributed by atoms with Gasteiger partial charge in [0.15, 0.2) is 6.10 Å². The Morgan fingerprint density at radius 3 is 2.67 bits per heavy atom. The van der Waals surface area contributed by atoms with Crippen molar-refractivity contribution in [2.75, 3.05) is 11.9 Å². The number of amides is 1. The van der Waals surface area contributed by atoms with Crippen molar-refractivity contribution in [3.05, 3.63) is 59.6 Å². The third-order valence-electron chi connectivity index (χ3n) is 3.67. The Morgan fingerprint density at radius 2 is 1.92 bits per heavy atom. The van der Waals surface area contributed by atoms with Crippen molar-refractivity contribution in [3.8, 4) is 0 Å². The van der Waals surface area contributed by atoms with Crippen LogP contribution in [0.15, 0.2) is 54.0 Å². The highest BCUT2D eigenvalue weighted by atomic mass is 32.1. The number of fused-ring (bicyclic) bond motifs is 1. The maximum absolute atomic E-state index is 12.4. The van der Waals surface area contributed by atoms with Gasteiger partial charge in [0.2, 0.25) is 0 Å². The monoisotopic (exact) mass is 340 g/mol. The Bertz CT molecular complexity index is 876. The lowest BCUT2D eigenvalue weighted by molar-refractivity contribution is -0.126. The van der Waals surface area contributed by atoms with E-state index in [-0.39, 0.29) is 5.91 Å². The predicted octanol–water partition coefficient (Wildman–Crippen LogP) is 3.50. The zero-order valence-electron chi connectivity index (χ0n) is 13.3. The van der Waals surface area contributed by atoms with Crippen molar-refractivity contribution in [1.29, 1.82) is 0 Å². The van der Waals surface area contributed by atoms with Crippen molar-refractivity contribution >= 4 is 39.1 Å². The zero-order chi connectivity index (χ0) is 17.1. The molecule has 5 nitrogen and oxygen atoms in total. The van der Waals surface area contributed by atoms with Crippen molar-refractivity contribution in [1.82, 2.24) is 4.98 Å². The van der Waals surface area contributed by atoms with E-state index >= 15 is 0 Å². The van der Waals surface area contributed by atoms with E-state index in [4.69, 9.17) is 4.74 Å². The lowest BCUT2D eigenvalue weighted by Crippen LogP contribution is -2.37. The molecule has 3 aromatic rings. The summed E-state index contributed by atoms with van der Waals surface area (Å²) in [7, 11) is 1.66. The average molecular weight is 340 g/mol. The summed E-state index contributed by atoms with van der Waals surface area (Å²) in [5, 5.41) is 0. The molecule has 0 aliphatic heterocycles. The summed E-state index contributed by atoms with van der Waals surface area (Å²) in [5.74, 6) is -0.805. The van der Waals surface area contributed by atoms with Gasteiger partial charge in [-0.3, -0.25) is 4.79 Å². The van der Waals surface area contributed by atoms with Crippen LogP contribution in [0.1, 0.15) is 17.3 Å². The number of carbonyl (C=O) groups is 2. The first-order chi connectivity index (χ1) is 11.6. The second-order valence-corrected chi connectivity index (χ2v) is 6.20. The van der Waals surface area contributed by atoms with Gasteiger partial charge in [0, 0.05) is 12.7 Å². The van der Waals surface area contributed by atoms with E-state index in [0.717, 1.165) is 15.9 Å². The van der Waals surface area contributed by atoms with Crippen LogP contribution in [-0.2, 0) is 9.53 Å². The largest absolute Gasteiger partial charge is 0.449 e. The van der Waals surface area contributed by atoms with Crippen LogP contribution < -0.4 is 4.90 Å². The molecule has 0 aliphatic rings. The Hall–Kier alpha value is -2.73. The molecule has 0 N–H and O–H groups in total. The third kappa shape index (κ3) is 3.28. The van der Waals surface area contributed by atoms with Gasteiger partial charge < -0.3 is 9.64 Å². The summed E-state index contributed by atoms with van der Waals surface area (Å²) < 4.78 is 6.23. The van der Waals surface area contributed by atoms with E-state index in [1.807, 2.05) is 30.3 Å². The minimum Gasteiger partial charge on any atom is -0.449 e. The number of anilines is 1. The molecule has 2 aromatic carbocycles. The molecular formula is C18H16N2O3S. The number of benzene rings is 2. The maximum atomic E-state index is 12.4. The van der Waals surface area contributed by atoms with E-state index in [1.54, 1.807) is 37.7 Å². The molecular weight excluding hydrogens is 324 g/mol. The van der Waals surface area contributed by atoms with E-state index < -0.39 is 12.1 Å². The quantitative estimate of drug-likeness (QED) is 0.682. The minimum absolute atomic E-state index is 0.284. The minimum atomic E-state index is -0.875. The summed E-state index contributed by atoms with van der Waals surface area (Å²) in [5.41, 5.74) is 3.72. The Morgan fingerprint density at radius 1 is 1.17 bits per heavy atom. The molecule has 1 amide bonds. The number of thiazole rings is 1. The smallest absolute Gasteiger partial charge is 0.338 e. The Labute approximate surface area is 143 Å². The molecule has 0 spiro atoms. The second-order valence-electron chi connectivity index (χ2n) is 5.32. The summed E-state index contributed by atoms with van der Waals surface area (Å²) in [6, 6.07) is 14.4. The van der Waals surface area contributed by atoms with Crippen LogP contribution in [0.25, 0.3) is 10.2 Å². The number of carbonyl (C=O) groups excluding carboxylic acids is 2. The molecule has 0 aliphatic carbocycles. The molecule has 6 heteroatoms. The fourth-order valence-corrected chi connectivity index (χ4v) is 3.03. The third-order valence-corrected chi connectivity index (χ3v) is 4.46. The van der Waals surface area contributed by atoms with E-state index in [1.165, 1.54) is 16.2 Å². The maximum Gasteiger partial charge on any atom is 0.338 e. The summed E-state index contributed by atoms with van der Waals surface area (Å²) in [6.45, 7) is 1.57. The molecule has 24 heavy (non-hydrogen) atoms. The van der Waals surface area contributed by atoms with Crippen molar-refractivity contribution < 1.29 is 14.3 Å². The number of hydrogen-bond acceptors (Lipinski definition) is 5.